The predicted molar refractivity (Wildman–Crippen MR) is 124 cm³/mol. The molecule has 31 heavy (non-hydrogen) atoms. The zero-order valence-corrected chi connectivity index (χ0v) is 19.1. The van der Waals surface area contributed by atoms with Gasteiger partial charge in [-0.3, -0.25) is 9.36 Å². The van der Waals surface area contributed by atoms with Gasteiger partial charge in [-0.2, -0.15) is 0 Å². The van der Waals surface area contributed by atoms with Gasteiger partial charge in [0.1, 0.15) is 0 Å². The van der Waals surface area contributed by atoms with Crippen molar-refractivity contribution in [2.75, 3.05) is 31.2 Å². The Hall–Kier alpha value is -2.64. The maximum absolute atomic E-state index is 13.2. The van der Waals surface area contributed by atoms with Crippen molar-refractivity contribution >= 4 is 23.5 Å². The number of rotatable bonds is 7. The Morgan fingerprint density at radius 2 is 1.84 bits per heavy atom. The summed E-state index contributed by atoms with van der Waals surface area (Å²) in [5.74, 6) is 0.953. The molecule has 2 aromatic carbocycles. The van der Waals surface area contributed by atoms with Crippen molar-refractivity contribution in [2.45, 2.75) is 37.7 Å². The van der Waals surface area contributed by atoms with Crippen molar-refractivity contribution in [3.63, 3.8) is 0 Å². The van der Waals surface area contributed by atoms with E-state index >= 15 is 0 Å². The quantitative estimate of drug-likeness (QED) is 0.410. The van der Waals surface area contributed by atoms with E-state index in [1.165, 1.54) is 17.3 Å². The van der Waals surface area contributed by atoms with Crippen LogP contribution in [0.4, 0.5) is 5.95 Å². The van der Waals surface area contributed by atoms with Gasteiger partial charge in [-0.25, -0.2) is 0 Å². The number of anilines is 1. The van der Waals surface area contributed by atoms with E-state index in [4.69, 9.17) is 4.74 Å². The molecule has 1 aliphatic heterocycles. The second-order valence-electron chi connectivity index (χ2n) is 7.90. The number of aromatic nitrogens is 3. The molecule has 0 bridgehead atoms. The highest BCUT2D eigenvalue weighted by Crippen LogP contribution is 2.29. The molecular weight excluding hydrogens is 408 g/mol. The van der Waals surface area contributed by atoms with Gasteiger partial charge in [-0.05, 0) is 38.0 Å². The number of hydrogen-bond donors (Lipinski definition) is 0. The van der Waals surface area contributed by atoms with Crippen molar-refractivity contribution in [1.29, 1.82) is 0 Å². The summed E-state index contributed by atoms with van der Waals surface area (Å²) in [5.41, 5.74) is 4.05. The number of nitrogens with zero attached hydrogens (tertiary/aromatic N) is 4. The zero-order valence-electron chi connectivity index (χ0n) is 18.2. The number of hydrogen-bond acceptors (Lipinski definition) is 6. The fourth-order valence-electron chi connectivity index (χ4n) is 3.70. The second kappa shape index (κ2) is 9.66. The van der Waals surface area contributed by atoms with E-state index in [0.29, 0.717) is 19.8 Å². The fraction of sp³-hybridized carbons (Fsp3) is 0.375. The van der Waals surface area contributed by atoms with E-state index in [9.17, 15) is 4.79 Å². The summed E-state index contributed by atoms with van der Waals surface area (Å²) in [4.78, 5) is 15.4. The van der Waals surface area contributed by atoms with E-state index in [2.05, 4.69) is 31.8 Å². The summed E-state index contributed by atoms with van der Waals surface area (Å²) in [6, 6.07) is 16.3. The van der Waals surface area contributed by atoms with E-state index in [0.717, 1.165) is 40.9 Å². The first-order chi connectivity index (χ1) is 15.0. The van der Waals surface area contributed by atoms with Crippen LogP contribution in [0.25, 0.3) is 0 Å². The lowest BCUT2D eigenvalue weighted by molar-refractivity contribution is 0.0993. The topological polar surface area (TPSA) is 60.3 Å². The molecule has 6 nitrogen and oxygen atoms in total. The number of Topliss-reactive ketones (excluding diaryl/α,β-unsaturated/α-hetero) is 1. The summed E-state index contributed by atoms with van der Waals surface area (Å²) < 4.78 is 7.63. The average molecular weight is 437 g/mol. The SMILES string of the molecule is Cc1ccc(C)c(C(=O)C(C)Sc2nnc(N3CCOCC3)n2Cc2ccccc2)c1. The maximum Gasteiger partial charge on any atom is 0.228 e. The van der Waals surface area contributed by atoms with Crippen LogP contribution in [0.2, 0.25) is 0 Å². The molecule has 2 heterocycles. The summed E-state index contributed by atoms with van der Waals surface area (Å²) in [6.07, 6.45) is 0. The Balaban J connectivity index is 1.61. The van der Waals surface area contributed by atoms with Crippen molar-refractivity contribution in [3.05, 3.63) is 70.8 Å². The standard InChI is InChI=1S/C24H28N4O2S/c1-17-9-10-18(2)21(15-17)22(29)19(3)31-24-26-25-23(27-11-13-30-14-12-27)28(24)16-20-7-5-4-6-8-20/h4-10,15,19H,11-14,16H2,1-3H3. The van der Waals surface area contributed by atoms with Gasteiger partial charge in [0.05, 0.1) is 25.0 Å². The third-order valence-electron chi connectivity index (χ3n) is 5.48. The number of thioether (sulfide) groups is 1. The fourth-order valence-corrected chi connectivity index (χ4v) is 4.61. The van der Waals surface area contributed by atoms with Crippen LogP contribution >= 0.6 is 11.8 Å². The summed E-state index contributed by atoms with van der Waals surface area (Å²) >= 11 is 1.47. The van der Waals surface area contributed by atoms with E-state index < -0.39 is 0 Å². The van der Waals surface area contributed by atoms with Gasteiger partial charge < -0.3 is 9.64 Å². The zero-order chi connectivity index (χ0) is 21.8. The van der Waals surface area contributed by atoms with Crippen LogP contribution in [-0.4, -0.2) is 52.1 Å². The highest BCUT2D eigenvalue weighted by atomic mass is 32.2. The third kappa shape index (κ3) is 4.99. The van der Waals surface area contributed by atoms with Gasteiger partial charge in [0.2, 0.25) is 5.95 Å². The Bertz CT molecular complexity index is 1040. The number of benzene rings is 2. The first kappa shape index (κ1) is 21.6. The first-order valence-corrected chi connectivity index (χ1v) is 11.5. The molecule has 1 unspecified atom stereocenters. The molecule has 1 aromatic heterocycles. The van der Waals surface area contributed by atoms with Crippen molar-refractivity contribution in [3.8, 4) is 0 Å². The lowest BCUT2D eigenvalue weighted by Gasteiger charge is -2.28. The van der Waals surface area contributed by atoms with E-state index in [-0.39, 0.29) is 11.0 Å². The minimum atomic E-state index is -0.267. The molecule has 1 aliphatic rings. The van der Waals surface area contributed by atoms with Gasteiger partial charge in [0.25, 0.3) is 0 Å². The second-order valence-corrected chi connectivity index (χ2v) is 9.20. The minimum absolute atomic E-state index is 0.119. The molecular formula is C24H28N4O2S. The van der Waals surface area contributed by atoms with Gasteiger partial charge in [-0.1, -0.05) is 59.8 Å². The monoisotopic (exact) mass is 436 g/mol. The van der Waals surface area contributed by atoms with Gasteiger partial charge in [0, 0.05) is 18.7 Å². The Morgan fingerprint density at radius 1 is 1.10 bits per heavy atom. The molecule has 1 atom stereocenters. The van der Waals surface area contributed by atoms with Crippen LogP contribution in [0.15, 0.2) is 53.7 Å². The number of carbonyl (C=O) groups excluding carboxylic acids is 1. The van der Waals surface area contributed by atoms with Gasteiger partial charge in [0.15, 0.2) is 10.9 Å². The molecule has 0 aliphatic carbocycles. The predicted octanol–water partition coefficient (Wildman–Crippen LogP) is 4.14. The Kier molecular flexibility index (Phi) is 6.73. The van der Waals surface area contributed by atoms with Crippen molar-refractivity contribution in [2.24, 2.45) is 0 Å². The maximum atomic E-state index is 13.2. The summed E-state index contributed by atoms with van der Waals surface area (Å²) in [7, 11) is 0. The molecule has 0 spiro atoms. The number of morpholine rings is 1. The average Bonchev–Trinajstić information content (AvgIpc) is 3.18. The van der Waals surface area contributed by atoms with Crippen molar-refractivity contribution < 1.29 is 9.53 Å². The van der Waals surface area contributed by atoms with E-state index in [1.54, 1.807) is 0 Å². The normalized spacial score (nSPS) is 15.1. The number of ketones is 1. The molecule has 1 fully saturated rings. The minimum Gasteiger partial charge on any atom is -0.378 e. The number of carbonyl (C=O) groups is 1. The summed E-state index contributed by atoms with van der Waals surface area (Å²) in [6.45, 7) is 9.54. The lowest BCUT2D eigenvalue weighted by atomic mass is 10.0. The largest absolute Gasteiger partial charge is 0.378 e. The molecule has 7 heteroatoms. The summed E-state index contributed by atoms with van der Waals surface area (Å²) in [5, 5.41) is 9.48. The van der Waals surface area contributed by atoms with Crippen LogP contribution in [0.5, 0.6) is 0 Å². The van der Waals surface area contributed by atoms with Crippen LogP contribution in [0, 0.1) is 13.8 Å². The smallest absolute Gasteiger partial charge is 0.228 e. The molecule has 4 rings (SSSR count). The molecule has 0 N–H and O–H groups in total. The van der Waals surface area contributed by atoms with Crippen LogP contribution < -0.4 is 4.90 Å². The number of ether oxygens (including phenoxy) is 1. The van der Waals surface area contributed by atoms with Crippen molar-refractivity contribution in [1.82, 2.24) is 14.8 Å². The highest BCUT2D eigenvalue weighted by molar-refractivity contribution is 8.00. The van der Waals surface area contributed by atoms with E-state index in [1.807, 2.05) is 57.2 Å². The first-order valence-electron chi connectivity index (χ1n) is 10.6. The molecule has 0 saturated carbocycles. The van der Waals surface area contributed by atoms with Crippen LogP contribution in [0.3, 0.4) is 0 Å². The van der Waals surface area contributed by atoms with Gasteiger partial charge >= 0.3 is 0 Å². The Morgan fingerprint density at radius 3 is 2.58 bits per heavy atom. The van der Waals surface area contributed by atoms with Gasteiger partial charge in [-0.15, -0.1) is 10.2 Å². The molecule has 3 aromatic rings. The molecule has 162 valence electrons. The molecule has 1 saturated heterocycles. The number of aryl methyl sites for hydroxylation is 2. The molecule has 0 amide bonds. The highest BCUT2D eigenvalue weighted by Gasteiger charge is 2.25. The Labute approximate surface area is 187 Å². The van der Waals surface area contributed by atoms with Crippen LogP contribution in [0.1, 0.15) is 34.0 Å². The lowest BCUT2D eigenvalue weighted by Crippen LogP contribution is -2.38. The molecule has 0 radical (unpaired) electrons. The van der Waals surface area contributed by atoms with Crippen LogP contribution in [-0.2, 0) is 11.3 Å². The third-order valence-corrected chi connectivity index (χ3v) is 6.57.